The van der Waals surface area contributed by atoms with E-state index in [1.807, 2.05) is 0 Å². The van der Waals surface area contributed by atoms with Gasteiger partial charge in [-0.2, -0.15) is 0 Å². The van der Waals surface area contributed by atoms with Crippen molar-refractivity contribution in [1.29, 1.82) is 0 Å². The van der Waals surface area contributed by atoms with Gasteiger partial charge in [0, 0.05) is 6.04 Å². The van der Waals surface area contributed by atoms with Gasteiger partial charge >= 0.3 is 0 Å². The van der Waals surface area contributed by atoms with Gasteiger partial charge in [0.1, 0.15) is 6.17 Å². The van der Waals surface area contributed by atoms with Gasteiger partial charge in [-0.05, 0) is 13.3 Å². The molecule has 84 valence electrons. The summed E-state index contributed by atoms with van der Waals surface area (Å²) in [5.74, 6) is 0. The summed E-state index contributed by atoms with van der Waals surface area (Å²) >= 11 is 0. The Hall–Kier alpha value is -0.150. The molecule has 1 heterocycles. The largest absolute Gasteiger partial charge is 0.377 e. The first-order valence-electron chi connectivity index (χ1n) is 5.72. The molecular weight excluding hydrogens is 181 g/mol. The normalized spacial score (nSPS) is 29.4. The number of hydrogen-bond acceptors (Lipinski definition) is 2. The van der Waals surface area contributed by atoms with Gasteiger partial charge in [0.2, 0.25) is 0 Å². The Morgan fingerprint density at radius 3 is 2.79 bits per heavy atom. The summed E-state index contributed by atoms with van der Waals surface area (Å²) in [6.45, 7) is 5.11. The molecular formula is C11H22FNO. The summed E-state index contributed by atoms with van der Waals surface area (Å²) in [6.07, 6.45) is 4.06. The monoisotopic (exact) mass is 203 g/mol. The van der Waals surface area contributed by atoms with Gasteiger partial charge in [-0.25, -0.2) is 4.39 Å². The molecule has 0 spiro atoms. The van der Waals surface area contributed by atoms with Crippen molar-refractivity contribution in [3.63, 3.8) is 0 Å². The summed E-state index contributed by atoms with van der Waals surface area (Å²) in [5.41, 5.74) is 0. The Kier molecular flexibility index (Phi) is 5.41. The Bertz CT molecular complexity index is 154. The quantitative estimate of drug-likeness (QED) is 0.669. The van der Waals surface area contributed by atoms with Gasteiger partial charge < -0.3 is 10.1 Å². The van der Waals surface area contributed by atoms with Crippen LogP contribution in [0.1, 0.15) is 39.5 Å². The van der Waals surface area contributed by atoms with E-state index in [4.69, 9.17) is 4.74 Å². The zero-order chi connectivity index (χ0) is 10.4. The topological polar surface area (TPSA) is 21.3 Å². The van der Waals surface area contributed by atoms with Gasteiger partial charge in [-0.3, -0.25) is 0 Å². The Morgan fingerprint density at radius 1 is 1.43 bits per heavy atom. The maximum Gasteiger partial charge on any atom is 0.141 e. The summed E-state index contributed by atoms with van der Waals surface area (Å²) < 4.78 is 18.2. The average Bonchev–Trinajstić information content (AvgIpc) is 2.52. The highest BCUT2D eigenvalue weighted by Gasteiger charge is 2.28. The molecule has 0 aromatic rings. The van der Waals surface area contributed by atoms with Crippen LogP contribution in [0.15, 0.2) is 0 Å². The zero-order valence-electron chi connectivity index (χ0n) is 9.26. The molecule has 3 heteroatoms. The smallest absolute Gasteiger partial charge is 0.141 e. The van der Waals surface area contributed by atoms with Crippen LogP contribution in [0.5, 0.6) is 0 Å². The standard InChI is InChI=1S/C11H22FNO/c1-3-4-5-6-9(2)13-11-8-14-7-10(11)12/h9-11,13H,3-8H2,1-2H3/t9?,10-,11-/m1/s1. The summed E-state index contributed by atoms with van der Waals surface area (Å²) in [7, 11) is 0. The van der Waals surface area contributed by atoms with Crippen molar-refractivity contribution < 1.29 is 9.13 Å². The van der Waals surface area contributed by atoms with Crippen molar-refractivity contribution in [2.24, 2.45) is 0 Å². The maximum absolute atomic E-state index is 13.1. The van der Waals surface area contributed by atoms with Crippen LogP contribution in [0.25, 0.3) is 0 Å². The minimum absolute atomic E-state index is 0.0772. The number of alkyl halides is 1. The van der Waals surface area contributed by atoms with Gasteiger partial charge in [-0.1, -0.05) is 26.2 Å². The van der Waals surface area contributed by atoms with Crippen molar-refractivity contribution in [3.8, 4) is 0 Å². The van der Waals surface area contributed by atoms with Crippen molar-refractivity contribution in [3.05, 3.63) is 0 Å². The lowest BCUT2D eigenvalue weighted by molar-refractivity contribution is 0.172. The molecule has 0 aliphatic carbocycles. The Morgan fingerprint density at radius 2 is 2.21 bits per heavy atom. The summed E-state index contributed by atoms with van der Waals surface area (Å²) in [6, 6.07) is 0.332. The van der Waals surface area contributed by atoms with Gasteiger partial charge in [0.25, 0.3) is 0 Å². The van der Waals surface area contributed by atoms with Crippen LogP contribution in [0.2, 0.25) is 0 Å². The van der Waals surface area contributed by atoms with E-state index in [-0.39, 0.29) is 12.6 Å². The molecule has 1 saturated heterocycles. The molecule has 1 N–H and O–H groups in total. The molecule has 1 fully saturated rings. The van der Waals surface area contributed by atoms with Gasteiger partial charge in [-0.15, -0.1) is 0 Å². The van der Waals surface area contributed by atoms with Gasteiger partial charge in [0.05, 0.1) is 19.3 Å². The highest BCUT2D eigenvalue weighted by atomic mass is 19.1. The molecule has 0 radical (unpaired) electrons. The molecule has 1 rings (SSSR count). The molecule has 1 unspecified atom stereocenters. The van der Waals surface area contributed by atoms with Crippen LogP contribution in [0.4, 0.5) is 4.39 Å². The number of hydrogen-bond donors (Lipinski definition) is 1. The van der Waals surface area contributed by atoms with Crippen molar-refractivity contribution in [1.82, 2.24) is 5.32 Å². The third kappa shape index (κ3) is 3.93. The van der Waals surface area contributed by atoms with E-state index in [1.165, 1.54) is 19.3 Å². The third-order valence-electron chi connectivity index (χ3n) is 2.75. The predicted molar refractivity (Wildman–Crippen MR) is 56.2 cm³/mol. The van der Waals surface area contributed by atoms with E-state index in [1.54, 1.807) is 0 Å². The van der Waals surface area contributed by atoms with Crippen LogP contribution < -0.4 is 5.32 Å². The molecule has 1 aliphatic rings. The van der Waals surface area contributed by atoms with E-state index in [9.17, 15) is 4.39 Å². The second-order valence-corrected chi connectivity index (χ2v) is 4.22. The van der Waals surface area contributed by atoms with E-state index < -0.39 is 6.17 Å². The second-order valence-electron chi connectivity index (χ2n) is 4.22. The van der Waals surface area contributed by atoms with Crippen LogP contribution in [-0.4, -0.2) is 31.5 Å². The molecule has 0 bridgehead atoms. The van der Waals surface area contributed by atoms with E-state index in [2.05, 4.69) is 19.2 Å². The summed E-state index contributed by atoms with van der Waals surface area (Å²) in [5, 5.41) is 3.29. The van der Waals surface area contributed by atoms with E-state index >= 15 is 0 Å². The van der Waals surface area contributed by atoms with Gasteiger partial charge in [0.15, 0.2) is 0 Å². The molecule has 0 amide bonds. The minimum Gasteiger partial charge on any atom is -0.377 e. The zero-order valence-corrected chi connectivity index (χ0v) is 9.26. The highest BCUT2D eigenvalue weighted by molar-refractivity contribution is 4.83. The van der Waals surface area contributed by atoms with E-state index in [0.29, 0.717) is 12.6 Å². The van der Waals surface area contributed by atoms with Crippen LogP contribution >= 0.6 is 0 Å². The van der Waals surface area contributed by atoms with Crippen molar-refractivity contribution in [2.75, 3.05) is 13.2 Å². The maximum atomic E-state index is 13.1. The molecule has 0 saturated carbocycles. The number of rotatable bonds is 6. The first-order chi connectivity index (χ1) is 6.74. The van der Waals surface area contributed by atoms with E-state index in [0.717, 1.165) is 6.42 Å². The van der Waals surface area contributed by atoms with Crippen molar-refractivity contribution >= 4 is 0 Å². The fourth-order valence-electron chi connectivity index (χ4n) is 1.83. The first-order valence-corrected chi connectivity index (χ1v) is 5.72. The molecule has 2 nitrogen and oxygen atoms in total. The Labute approximate surface area is 86.2 Å². The van der Waals surface area contributed by atoms with Crippen LogP contribution in [-0.2, 0) is 4.74 Å². The number of nitrogens with one attached hydrogen (secondary N) is 1. The Balaban J connectivity index is 2.09. The van der Waals surface area contributed by atoms with Crippen LogP contribution in [0.3, 0.4) is 0 Å². The first kappa shape index (κ1) is 11.9. The predicted octanol–water partition coefficient (Wildman–Crippen LogP) is 2.28. The SMILES string of the molecule is CCCCCC(C)N[C@@H]1COC[C@H]1F. The fraction of sp³-hybridized carbons (Fsp3) is 1.00. The number of halogens is 1. The minimum atomic E-state index is -0.816. The lowest BCUT2D eigenvalue weighted by Crippen LogP contribution is -2.42. The molecule has 3 atom stereocenters. The second kappa shape index (κ2) is 6.36. The molecule has 1 aliphatic heterocycles. The number of unbranched alkanes of at least 4 members (excludes halogenated alkanes) is 2. The third-order valence-corrected chi connectivity index (χ3v) is 2.75. The lowest BCUT2D eigenvalue weighted by Gasteiger charge is -2.19. The molecule has 14 heavy (non-hydrogen) atoms. The van der Waals surface area contributed by atoms with Crippen LogP contribution in [0, 0.1) is 0 Å². The molecule has 0 aromatic heterocycles. The lowest BCUT2D eigenvalue weighted by atomic mass is 10.1. The number of ether oxygens (including phenoxy) is 1. The average molecular weight is 203 g/mol. The summed E-state index contributed by atoms with van der Waals surface area (Å²) in [4.78, 5) is 0. The highest BCUT2D eigenvalue weighted by Crippen LogP contribution is 2.11. The fourth-order valence-corrected chi connectivity index (χ4v) is 1.83. The molecule has 0 aromatic carbocycles. The van der Waals surface area contributed by atoms with Crippen molar-refractivity contribution in [2.45, 2.75) is 57.8 Å².